The zero-order chi connectivity index (χ0) is 30.9. The van der Waals surface area contributed by atoms with Crippen LogP contribution in [0.15, 0.2) is 30.3 Å². The fourth-order valence-corrected chi connectivity index (χ4v) is 4.90. The highest BCUT2D eigenvalue weighted by atomic mass is 19.4. The minimum atomic E-state index is -4.74. The van der Waals surface area contributed by atoms with E-state index in [9.17, 15) is 36.3 Å². The van der Waals surface area contributed by atoms with Crippen LogP contribution in [0.5, 0.6) is 0 Å². The number of rotatable bonds is 6. The fraction of sp³-hybridized carbons (Fsp3) is 0.536. The SMILES string of the molecule is CC(C)(C)OC(=O)N[C@@H](CC(=O)N1CCc2c(nc(-c3ccccc3)nc2C(F)(F)F)C1)CN1CC(F)(F)CCC1=O. The Bertz CT molecular complexity index is 1330. The van der Waals surface area contributed by atoms with Crippen molar-refractivity contribution in [3.8, 4) is 11.4 Å². The summed E-state index contributed by atoms with van der Waals surface area (Å²) in [6.07, 6.45) is -7.19. The van der Waals surface area contributed by atoms with Gasteiger partial charge in [-0.25, -0.2) is 23.5 Å². The molecule has 1 fully saturated rings. The molecule has 3 amide bonds. The molecule has 1 aromatic heterocycles. The average Bonchev–Trinajstić information content (AvgIpc) is 2.88. The Kier molecular flexibility index (Phi) is 8.74. The standard InChI is InChI=1S/C28H32F5N5O4/c1-26(2,3)42-25(41)34-18(14-38-16-27(29,30)11-9-21(38)39)13-22(40)37-12-10-19-20(15-37)35-24(17-7-5-4-6-8-17)36-23(19)28(31,32)33/h4-8,18H,9-16H2,1-3H3,(H,34,41)/t18-/m0/s1. The first-order valence-corrected chi connectivity index (χ1v) is 13.5. The summed E-state index contributed by atoms with van der Waals surface area (Å²) >= 11 is 0. The van der Waals surface area contributed by atoms with Gasteiger partial charge in [0.15, 0.2) is 11.5 Å². The molecule has 0 saturated carbocycles. The van der Waals surface area contributed by atoms with E-state index in [4.69, 9.17) is 4.74 Å². The number of hydrogen-bond donors (Lipinski definition) is 1. The summed E-state index contributed by atoms with van der Waals surface area (Å²) in [5.41, 5.74) is -1.64. The number of likely N-dealkylation sites (tertiary alicyclic amines) is 1. The number of nitrogens with one attached hydrogen (secondary N) is 1. The molecule has 2 aromatic rings. The van der Waals surface area contributed by atoms with E-state index in [0.717, 1.165) is 4.90 Å². The first-order valence-electron chi connectivity index (χ1n) is 13.5. The molecular weight excluding hydrogens is 565 g/mol. The summed E-state index contributed by atoms with van der Waals surface area (Å²) in [5.74, 6) is -4.35. The first-order chi connectivity index (χ1) is 19.5. The number of carbonyl (C=O) groups is 3. The molecule has 0 bridgehead atoms. The third kappa shape index (κ3) is 7.91. The van der Waals surface area contributed by atoms with Gasteiger partial charge in [-0.1, -0.05) is 30.3 Å². The van der Waals surface area contributed by atoms with Crippen molar-refractivity contribution in [3.63, 3.8) is 0 Å². The molecule has 1 aromatic carbocycles. The molecule has 1 atom stereocenters. The van der Waals surface area contributed by atoms with E-state index in [0.29, 0.717) is 5.56 Å². The highest BCUT2D eigenvalue weighted by Gasteiger charge is 2.41. The number of piperidine rings is 1. The lowest BCUT2D eigenvalue weighted by atomic mass is 10.0. The summed E-state index contributed by atoms with van der Waals surface area (Å²) in [6, 6.07) is 7.04. The van der Waals surface area contributed by atoms with Gasteiger partial charge in [0.25, 0.3) is 5.92 Å². The molecule has 0 radical (unpaired) electrons. The molecule has 3 heterocycles. The Morgan fingerprint density at radius 3 is 2.43 bits per heavy atom. The predicted molar refractivity (Wildman–Crippen MR) is 140 cm³/mol. The van der Waals surface area contributed by atoms with Gasteiger partial charge in [-0.15, -0.1) is 0 Å². The number of ether oxygens (including phenoxy) is 1. The lowest BCUT2D eigenvalue weighted by Crippen LogP contribution is -2.53. The summed E-state index contributed by atoms with van der Waals surface area (Å²) in [7, 11) is 0. The lowest BCUT2D eigenvalue weighted by molar-refractivity contribution is -0.148. The van der Waals surface area contributed by atoms with Crippen molar-refractivity contribution < 1.29 is 41.1 Å². The van der Waals surface area contributed by atoms with Gasteiger partial charge in [0.05, 0.1) is 24.8 Å². The van der Waals surface area contributed by atoms with Crippen LogP contribution in [0.1, 0.15) is 57.0 Å². The summed E-state index contributed by atoms with van der Waals surface area (Å²) in [4.78, 5) is 48.6. The Hall–Kier alpha value is -3.84. The number of nitrogens with zero attached hydrogens (tertiary/aromatic N) is 4. The maximum atomic E-state index is 14.1. The van der Waals surface area contributed by atoms with Gasteiger partial charge in [-0.05, 0) is 27.2 Å². The van der Waals surface area contributed by atoms with Gasteiger partial charge in [0, 0.05) is 43.5 Å². The molecule has 9 nitrogen and oxygen atoms in total. The van der Waals surface area contributed by atoms with Gasteiger partial charge < -0.3 is 19.9 Å². The second kappa shape index (κ2) is 11.8. The molecule has 2 aliphatic rings. The van der Waals surface area contributed by atoms with Gasteiger partial charge >= 0.3 is 12.3 Å². The number of fused-ring (bicyclic) bond motifs is 1. The van der Waals surface area contributed by atoms with Gasteiger partial charge in [-0.3, -0.25) is 9.59 Å². The fourth-order valence-electron chi connectivity index (χ4n) is 4.90. The van der Waals surface area contributed by atoms with Crippen LogP contribution in [-0.4, -0.2) is 74.9 Å². The summed E-state index contributed by atoms with van der Waals surface area (Å²) in [6.45, 7) is 3.29. The molecular formula is C28H32F5N5O4. The van der Waals surface area contributed by atoms with Gasteiger partial charge in [0.1, 0.15) is 5.60 Å². The number of carbonyl (C=O) groups excluding carboxylic acids is 3. The van der Waals surface area contributed by atoms with Crippen LogP contribution in [-0.2, 0) is 33.5 Å². The number of halogens is 5. The molecule has 2 aliphatic heterocycles. The zero-order valence-corrected chi connectivity index (χ0v) is 23.4. The van der Waals surface area contributed by atoms with E-state index < -0.39 is 66.7 Å². The maximum Gasteiger partial charge on any atom is 0.433 e. The number of alkyl halides is 5. The van der Waals surface area contributed by atoms with Crippen LogP contribution in [0.2, 0.25) is 0 Å². The zero-order valence-electron chi connectivity index (χ0n) is 23.4. The van der Waals surface area contributed by atoms with Crippen molar-refractivity contribution in [3.05, 3.63) is 47.3 Å². The summed E-state index contributed by atoms with van der Waals surface area (Å²) < 4.78 is 75.2. The molecule has 1 saturated heterocycles. The van der Waals surface area contributed by atoms with E-state index in [1.807, 2.05) is 0 Å². The van der Waals surface area contributed by atoms with Crippen molar-refractivity contribution in [2.45, 2.75) is 76.7 Å². The van der Waals surface area contributed by atoms with E-state index >= 15 is 0 Å². The van der Waals surface area contributed by atoms with Crippen molar-refractivity contribution in [2.75, 3.05) is 19.6 Å². The van der Waals surface area contributed by atoms with Crippen LogP contribution in [0.4, 0.5) is 26.7 Å². The third-order valence-electron chi connectivity index (χ3n) is 6.78. The molecule has 42 heavy (non-hydrogen) atoms. The minimum absolute atomic E-state index is 0.0401. The van der Waals surface area contributed by atoms with Crippen molar-refractivity contribution >= 4 is 17.9 Å². The molecule has 4 rings (SSSR count). The minimum Gasteiger partial charge on any atom is -0.444 e. The van der Waals surface area contributed by atoms with Crippen LogP contribution < -0.4 is 5.32 Å². The molecule has 0 unspecified atom stereocenters. The molecule has 0 aliphatic carbocycles. The van der Waals surface area contributed by atoms with Gasteiger partial charge in [-0.2, -0.15) is 13.2 Å². The third-order valence-corrected chi connectivity index (χ3v) is 6.78. The second-order valence-corrected chi connectivity index (χ2v) is 11.4. The number of hydrogen-bond acceptors (Lipinski definition) is 6. The second-order valence-electron chi connectivity index (χ2n) is 11.4. The Labute approximate surface area is 239 Å². The molecule has 0 spiro atoms. The topological polar surface area (TPSA) is 105 Å². The predicted octanol–water partition coefficient (Wildman–Crippen LogP) is 4.59. The quantitative estimate of drug-likeness (QED) is 0.489. The molecule has 228 valence electrons. The van der Waals surface area contributed by atoms with Crippen LogP contribution in [0, 0.1) is 0 Å². The number of alkyl carbamates (subject to hydrolysis) is 1. The van der Waals surface area contributed by atoms with Crippen LogP contribution in [0.25, 0.3) is 11.4 Å². The summed E-state index contributed by atoms with van der Waals surface area (Å²) in [5, 5.41) is 2.50. The van der Waals surface area contributed by atoms with E-state index in [-0.39, 0.29) is 49.6 Å². The largest absolute Gasteiger partial charge is 0.444 e. The average molecular weight is 598 g/mol. The van der Waals surface area contributed by atoms with E-state index in [1.54, 1.807) is 51.1 Å². The highest BCUT2D eigenvalue weighted by molar-refractivity contribution is 5.80. The van der Waals surface area contributed by atoms with Gasteiger partial charge in [0.2, 0.25) is 11.8 Å². The Balaban J connectivity index is 1.56. The monoisotopic (exact) mass is 597 g/mol. The van der Waals surface area contributed by atoms with Crippen molar-refractivity contribution in [1.29, 1.82) is 0 Å². The normalized spacial score (nSPS) is 17.9. The maximum absolute atomic E-state index is 14.1. The molecule has 1 N–H and O–H groups in total. The first kappa shape index (κ1) is 31.1. The van der Waals surface area contributed by atoms with Crippen molar-refractivity contribution in [2.24, 2.45) is 0 Å². The van der Waals surface area contributed by atoms with Crippen molar-refractivity contribution in [1.82, 2.24) is 25.1 Å². The Morgan fingerprint density at radius 1 is 1.10 bits per heavy atom. The number of benzene rings is 1. The van der Waals surface area contributed by atoms with E-state index in [2.05, 4.69) is 15.3 Å². The van der Waals surface area contributed by atoms with E-state index in [1.165, 1.54) is 4.90 Å². The number of aromatic nitrogens is 2. The highest BCUT2D eigenvalue weighted by Crippen LogP contribution is 2.35. The van der Waals surface area contributed by atoms with Crippen LogP contribution in [0.3, 0.4) is 0 Å². The number of amides is 3. The smallest absolute Gasteiger partial charge is 0.433 e. The lowest BCUT2D eigenvalue weighted by Gasteiger charge is -2.36. The Morgan fingerprint density at radius 2 is 1.79 bits per heavy atom. The molecule has 14 heteroatoms. The van der Waals surface area contributed by atoms with Crippen LogP contribution >= 0.6 is 0 Å².